The minimum absolute atomic E-state index is 0.110. The van der Waals surface area contributed by atoms with Crippen molar-refractivity contribution >= 4 is 22.9 Å². The Morgan fingerprint density at radius 1 is 1.27 bits per heavy atom. The van der Waals surface area contributed by atoms with E-state index in [0.29, 0.717) is 4.88 Å². The predicted molar refractivity (Wildman–Crippen MR) is 90.0 cm³/mol. The Kier molecular flexibility index (Phi) is 4.06. The fourth-order valence-corrected chi connectivity index (χ4v) is 3.15. The van der Waals surface area contributed by atoms with Crippen LogP contribution in [0.5, 0.6) is 0 Å². The largest absolute Gasteiger partial charge is 0.321 e. The van der Waals surface area contributed by atoms with Gasteiger partial charge in [0, 0.05) is 18.1 Å². The minimum Gasteiger partial charge on any atom is -0.321 e. The third-order valence-corrected chi connectivity index (χ3v) is 4.58. The molecule has 22 heavy (non-hydrogen) atoms. The molecule has 2 aromatic heterocycles. The quantitative estimate of drug-likeness (QED) is 0.790. The van der Waals surface area contributed by atoms with Crippen molar-refractivity contribution in [1.29, 1.82) is 0 Å². The maximum absolute atomic E-state index is 12.5. The molecule has 0 aliphatic rings. The van der Waals surface area contributed by atoms with Crippen molar-refractivity contribution in [2.24, 2.45) is 0 Å². The van der Waals surface area contributed by atoms with Gasteiger partial charge < -0.3 is 9.88 Å². The molecule has 3 aromatic rings. The molecule has 3 rings (SSSR count). The fourth-order valence-electron chi connectivity index (χ4n) is 2.22. The van der Waals surface area contributed by atoms with Crippen LogP contribution in [0, 0.1) is 6.92 Å². The van der Waals surface area contributed by atoms with Crippen molar-refractivity contribution in [2.75, 3.05) is 5.32 Å². The summed E-state index contributed by atoms with van der Waals surface area (Å²) in [5.74, 6) is -0.110. The lowest BCUT2D eigenvalue weighted by molar-refractivity contribution is 0.103. The summed E-state index contributed by atoms with van der Waals surface area (Å²) in [7, 11) is 0. The number of hydrogen-bond donors (Lipinski definition) is 1. The lowest BCUT2D eigenvalue weighted by Gasteiger charge is -2.05. The number of carbonyl (C=O) groups excluding carboxylic acids is 1. The SMILES string of the molecule is CCc1cccc(NC(=O)c2sc(-n3cccc3)nc2C)c1. The molecule has 5 heteroatoms. The van der Waals surface area contributed by atoms with Gasteiger partial charge in [0.25, 0.3) is 5.91 Å². The van der Waals surface area contributed by atoms with E-state index in [1.165, 1.54) is 16.9 Å². The van der Waals surface area contributed by atoms with Crippen LogP contribution in [-0.4, -0.2) is 15.5 Å². The van der Waals surface area contributed by atoms with Gasteiger partial charge in [-0.05, 0) is 43.2 Å². The Labute approximate surface area is 133 Å². The predicted octanol–water partition coefficient (Wildman–Crippen LogP) is 4.06. The highest BCUT2D eigenvalue weighted by Crippen LogP contribution is 2.23. The first kappa shape index (κ1) is 14.5. The van der Waals surface area contributed by atoms with Crippen LogP contribution in [-0.2, 0) is 6.42 Å². The normalized spacial score (nSPS) is 10.6. The van der Waals surface area contributed by atoms with Gasteiger partial charge in [0.2, 0.25) is 0 Å². The summed E-state index contributed by atoms with van der Waals surface area (Å²) in [5.41, 5.74) is 2.77. The number of thiazole rings is 1. The molecule has 0 fully saturated rings. The molecule has 112 valence electrons. The molecule has 0 saturated carbocycles. The van der Waals surface area contributed by atoms with Crippen molar-refractivity contribution in [1.82, 2.24) is 9.55 Å². The van der Waals surface area contributed by atoms with Gasteiger partial charge in [0.15, 0.2) is 5.13 Å². The molecule has 0 radical (unpaired) electrons. The Hall–Kier alpha value is -2.40. The van der Waals surface area contributed by atoms with Gasteiger partial charge in [-0.3, -0.25) is 4.79 Å². The first-order valence-electron chi connectivity index (χ1n) is 7.18. The van der Waals surface area contributed by atoms with E-state index in [1.54, 1.807) is 0 Å². The van der Waals surface area contributed by atoms with Crippen LogP contribution in [0.15, 0.2) is 48.8 Å². The van der Waals surface area contributed by atoms with Crippen LogP contribution in [0.4, 0.5) is 5.69 Å². The number of aromatic nitrogens is 2. The summed E-state index contributed by atoms with van der Waals surface area (Å²) in [6, 6.07) is 11.8. The van der Waals surface area contributed by atoms with E-state index in [1.807, 2.05) is 54.2 Å². The highest BCUT2D eigenvalue weighted by Gasteiger charge is 2.16. The number of benzene rings is 1. The van der Waals surface area contributed by atoms with Gasteiger partial charge in [-0.2, -0.15) is 0 Å². The van der Waals surface area contributed by atoms with Gasteiger partial charge >= 0.3 is 0 Å². The van der Waals surface area contributed by atoms with Gasteiger partial charge in [0.1, 0.15) is 4.88 Å². The van der Waals surface area contributed by atoms with Crippen LogP contribution < -0.4 is 5.32 Å². The van der Waals surface area contributed by atoms with Gasteiger partial charge in [-0.15, -0.1) is 0 Å². The molecule has 0 saturated heterocycles. The Morgan fingerprint density at radius 2 is 2.05 bits per heavy atom. The van der Waals surface area contributed by atoms with E-state index in [-0.39, 0.29) is 5.91 Å². The fraction of sp³-hybridized carbons (Fsp3) is 0.176. The van der Waals surface area contributed by atoms with Crippen molar-refractivity contribution < 1.29 is 4.79 Å². The second-order valence-corrected chi connectivity index (χ2v) is 5.99. The van der Waals surface area contributed by atoms with Crippen molar-refractivity contribution in [3.8, 4) is 5.13 Å². The Balaban J connectivity index is 1.83. The standard InChI is InChI=1S/C17H17N3OS/c1-3-13-7-6-8-14(11-13)19-16(21)15-12(2)18-17(22-15)20-9-4-5-10-20/h4-11H,3H2,1-2H3,(H,19,21). The van der Waals surface area contributed by atoms with Crippen LogP contribution in [0.25, 0.3) is 5.13 Å². The smallest absolute Gasteiger partial charge is 0.267 e. The Bertz CT molecular complexity index is 790. The zero-order chi connectivity index (χ0) is 15.5. The lowest BCUT2D eigenvalue weighted by atomic mass is 10.1. The van der Waals surface area contributed by atoms with E-state index in [4.69, 9.17) is 0 Å². The van der Waals surface area contributed by atoms with E-state index >= 15 is 0 Å². The van der Waals surface area contributed by atoms with Crippen LogP contribution in [0.3, 0.4) is 0 Å². The molecular weight excluding hydrogens is 294 g/mol. The van der Waals surface area contributed by atoms with E-state index in [2.05, 4.69) is 23.3 Å². The molecule has 0 bridgehead atoms. The number of anilines is 1. The van der Waals surface area contributed by atoms with E-state index in [0.717, 1.165) is 22.9 Å². The number of nitrogens with one attached hydrogen (secondary N) is 1. The molecule has 0 aliphatic heterocycles. The summed E-state index contributed by atoms with van der Waals surface area (Å²) >= 11 is 1.39. The van der Waals surface area contributed by atoms with Gasteiger partial charge in [-0.25, -0.2) is 4.98 Å². The zero-order valence-corrected chi connectivity index (χ0v) is 13.4. The molecule has 0 atom stereocenters. The first-order chi connectivity index (χ1) is 10.7. The maximum atomic E-state index is 12.5. The third-order valence-electron chi connectivity index (χ3n) is 3.41. The molecule has 0 spiro atoms. The summed E-state index contributed by atoms with van der Waals surface area (Å²) in [6.07, 6.45) is 4.79. The second-order valence-electron chi connectivity index (χ2n) is 5.01. The number of hydrogen-bond acceptors (Lipinski definition) is 3. The molecule has 4 nitrogen and oxygen atoms in total. The zero-order valence-electron chi connectivity index (χ0n) is 12.5. The van der Waals surface area contributed by atoms with Crippen molar-refractivity contribution in [3.63, 3.8) is 0 Å². The van der Waals surface area contributed by atoms with Crippen LogP contribution >= 0.6 is 11.3 Å². The van der Waals surface area contributed by atoms with Crippen molar-refractivity contribution in [3.05, 3.63) is 64.9 Å². The summed E-state index contributed by atoms with van der Waals surface area (Å²) in [4.78, 5) is 17.6. The molecule has 1 amide bonds. The molecule has 0 unspecified atom stereocenters. The third kappa shape index (κ3) is 2.94. The number of nitrogens with zero attached hydrogens (tertiary/aromatic N) is 2. The molecule has 1 aromatic carbocycles. The van der Waals surface area contributed by atoms with Crippen LogP contribution in [0.1, 0.15) is 27.9 Å². The monoisotopic (exact) mass is 311 g/mol. The molecule has 1 N–H and O–H groups in total. The number of rotatable bonds is 4. The Morgan fingerprint density at radius 3 is 2.77 bits per heavy atom. The topological polar surface area (TPSA) is 46.9 Å². The van der Waals surface area contributed by atoms with Crippen LogP contribution in [0.2, 0.25) is 0 Å². The van der Waals surface area contributed by atoms with Gasteiger partial charge in [0.05, 0.1) is 5.69 Å². The van der Waals surface area contributed by atoms with Crippen molar-refractivity contribution in [2.45, 2.75) is 20.3 Å². The summed E-state index contributed by atoms with van der Waals surface area (Å²) in [5, 5.41) is 3.76. The highest BCUT2D eigenvalue weighted by molar-refractivity contribution is 7.16. The number of aryl methyl sites for hydroxylation is 2. The average molecular weight is 311 g/mol. The average Bonchev–Trinajstić information content (AvgIpc) is 3.16. The number of carbonyl (C=O) groups is 1. The molecule has 0 aliphatic carbocycles. The molecule has 2 heterocycles. The van der Waals surface area contributed by atoms with E-state index < -0.39 is 0 Å². The van der Waals surface area contributed by atoms with Gasteiger partial charge in [-0.1, -0.05) is 30.4 Å². The highest BCUT2D eigenvalue weighted by atomic mass is 32.1. The second kappa shape index (κ2) is 6.15. The summed E-state index contributed by atoms with van der Waals surface area (Å²) in [6.45, 7) is 3.96. The minimum atomic E-state index is -0.110. The summed E-state index contributed by atoms with van der Waals surface area (Å²) < 4.78 is 1.91. The first-order valence-corrected chi connectivity index (χ1v) is 8.00. The van der Waals surface area contributed by atoms with E-state index in [9.17, 15) is 4.79 Å². The maximum Gasteiger partial charge on any atom is 0.267 e. The lowest BCUT2D eigenvalue weighted by Crippen LogP contribution is -2.11. The number of amides is 1. The molecular formula is C17H17N3OS.